The molecular weight excluding hydrogens is 380 g/mol. The van der Waals surface area contributed by atoms with Crippen LogP contribution in [-0.2, 0) is 11.2 Å². The zero-order valence-electron chi connectivity index (χ0n) is 17.0. The van der Waals surface area contributed by atoms with Crippen molar-refractivity contribution in [3.05, 3.63) is 47.0 Å². The summed E-state index contributed by atoms with van der Waals surface area (Å²) in [5, 5.41) is 3.37. The van der Waals surface area contributed by atoms with E-state index in [9.17, 15) is 4.79 Å². The van der Waals surface area contributed by atoms with E-state index in [1.165, 1.54) is 0 Å². The molecule has 2 atom stereocenters. The Hall–Kier alpha value is -2.44. The number of carbonyl (C=O) groups is 1. The van der Waals surface area contributed by atoms with E-state index in [2.05, 4.69) is 5.32 Å². The Bertz CT molecular complexity index is 813. The van der Waals surface area contributed by atoms with Gasteiger partial charge in [0.25, 0.3) is 5.91 Å². The van der Waals surface area contributed by atoms with Gasteiger partial charge >= 0.3 is 0 Å². The molecular formula is C21H28ClN2O4+. The monoisotopic (exact) mass is 407 g/mol. The van der Waals surface area contributed by atoms with Gasteiger partial charge in [0.2, 0.25) is 0 Å². The van der Waals surface area contributed by atoms with E-state index in [-0.39, 0.29) is 11.9 Å². The van der Waals surface area contributed by atoms with Gasteiger partial charge in [0.15, 0.2) is 17.5 Å². The maximum absolute atomic E-state index is 12.6. The van der Waals surface area contributed by atoms with E-state index >= 15 is 0 Å². The summed E-state index contributed by atoms with van der Waals surface area (Å²) < 4.78 is 15.7. The number of rotatable bonds is 9. The Balaban J connectivity index is 1.93. The summed E-state index contributed by atoms with van der Waals surface area (Å²) in [5.41, 5.74) is 1.78. The third-order valence-electron chi connectivity index (χ3n) is 4.81. The predicted octanol–water partition coefficient (Wildman–Crippen LogP) is 2.45. The number of quaternary nitrogens is 1. The Kier molecular flexibility index (Phi) is 7.96. The zero-order valence-corrected chi connectivity index (χ0v) is 17.7. The van der Waals surface area contributed by atoms with Gasteiger partial charge in [-0.1, -0.05) is 17.7 Å². The summed E-state index contributed by atoms with van der Waals surface area (Å²) in [4.78, 5) is 13.7. The van der Waals surface area contributed by atoms with Crippen LogP contribution in [0.1, 0.15) is 12.5 Å². The number of ether oxygens (including phenoxy) is 3. The van der Waals surface area contributed by atoms with E-state index in [1.807, 2.05) is 32.2 Å². The van der Waals surface area contributed by atoms with Gasteiger partial charge in [0.1, 0.15) is 5.75 Å². The summed E-state index contributed by atoms with van der Waals surface area (Å²) in [6, 6.07) is 10.8. The van der Waals surface area contributed by atoms with Crippen LogP contribution in [0.3, 0.4) is 0 Å². The molecule has 6 nitrogen and oxygen atoms in total. The third kappa shape index (κ3) is 5.53. The van der Waals surface area contributed by atoms with Crippen molar-refractivity contribution >= 4 is 23.2 Å². The zero-order chi connectivity index (χ0) is 20.7. The number of hydrogen-bond acceptors (Lipinski definition) is 4. The van der Waals surface area contributed by atoms with Crippen LogP contribution < -0.4 is 24.4 Å². The quantitative estimate of drug-likeness (QED) is 0.670. The summed E-state index contributed by atoms with van der Waals surface area (Å²) >= 11 is 6.12. The molecule has 0 bridgehead atoms. The second kappa shape index (κ2) is 10.2. The molecule has 7 heteroatoms. The van der Waals surface area contributed by atoms with Gasteiger partial charge in [-0.3, -0.25) is 4.79 Å². The highest BCUT2D eigenvalue weighted by Gasteiger charge is 2.22. The average molecular weight is 408 g/mol. The lowest BCUT2D eigenvalue weighted by Gasteiger charge is -2.21. The minimum Gasteiger partial charge on any atom is -0.495 e. The molecule has 0 aromatic heterocycles. The molecule has 0 radical (unpaired) electrons. The predicted molar refractivity (Wildman–Crippen MR) is 111 cm³/mol. The van der Waals surface area contributed by atoms with E-state index in [0.717, 1.165) is 23.4 Å². The number of nitrogens with one attached hydrogen (secondary N) is 2. The number of amides is 1. The fraction of sp³-hybridized carbons (Fsp3) is 0.381. The van der Waals surface area contributed by atoms with E-state index in [1.54, 1.807) is 39.5 Å². The Labute approximate surface area is 171 Å². The first-order valence-electron chi connectivity index (χ1n) is 9.07. The van der Waals surface area contributed by atoms with Crippen molar-refractivity contribution in [2.45, 2.75) is 19.4 Å². The molecule has 0 heterocycles. The highest BCUT2D eigenvalue weighted by atomic mass is 35.5. The first-order chi connectivity index (χ1) is 13.4. The minimum absolute atomic E-state index is 0.0638. The lowest BCUT2D eigenvalue weighted by Crippen LogP contribution is -3.14. The number of likely N-dealkylation sites (N-methyl/N-ethyl adjacent to an activating group) is 1. The van der Waals surface area contributed by atoms with Crippen molar-refractivity contribution in [2.24, 2.45) is 0 Å². The van der Waals surface area contributed by atoms with Crippen LogP contribution in [0.25, 0.3) is 0 Å². The van der Waals surface area contributed by atoms with Crippen LogP contribution in [0.5, 0.6) is 17.2 Å². The number of carbonyl (C=O) groups excluding carboxylic acids is 1. The van der Waals surface area contributed by atoms with Crippen molar-refractivity contribution < 1.29 is 23.9 Å². The summed E-state index contributed by atoms with van der Waals surface area (Å²) in [5.74, 6) is 1.93. The second-order valence-corrected chi connectivity index (χ2v) is 7.00. The minimum atomic E-state index is -0.221. The average Bonchev–Trinajstić information content (AvgIpc) is 2.71. The SMILES string of the molecule is COc1ccc(NC(=O)[C@H](C)[NH+](C)CCc2ccc(OC)c(OC)c2)cc1Cl. The first kappa shape index (κ1) is 21.9. The summed E-state index contributed by atoms with van der Waals surface area (Å²) in [7, 11) is 6.80. The molecule has 2 N–H and O–H groups in total. The lowest BCUT2D eigenvalue weighted by atomic mass is 10.1. The molecule has 0 saturated heterocycles. The van der Waals surface area contributed by atoms with Crippen LogP contribution in [0, 0.1) is 0 Å². The van der Waals surface area contributed by atoms with Gasteiger partial charge in [-0.2, -0.15) is 0 Å². The van der Waals surface area contributed by atoms with Crippen molar-refractivity contribution in [3.63, 3.8) is 0 Å². The van der Waals surface area contributed by atoms with Crippen LogP contribution >= 0.6 is 11.6 Å². The second-order valence-electron chi connectivity index (χ2n) is 6.60. The molecule has 0 saturated carbocycles. The molecule has 28 heavy (non-hydrogen) atoms. The van der Waals surface area contributed by atoms with Crippen LogP contribution in [0.15, 0.2) is 36.4 Å². The van der Waals surface area contributed by atoms with Crippen molar-refractivity contribution in [1.29, 1.82) is 0 Å². The molecule has 1 unspecified atom stereocenters. The molecule has 0 fully saturated rings. The maximum atomic E-state index is 12.6. The Morgan fingerprint density at radius 2 is 1.68 bits per heavy atom. The largest absolute Gasteiger partial charge is 0.495 e. The smallest absolute Gasteiger partial charge is 0.282 e. The fourth-order valence-corrected chi connectivity index (χ4v) is 3.07. The summed E-state index contributed by atoms with van der Waals surface area (Å²) in [6.07, 6.45) is 0.818. The van der Waals surface area contributed by atoms with E-state index < -0.39 is 0 Å². The molecule has 2 aromatic carbocycles. The topological polar surface area (TPSA) is 61.2 Å². The molecule has 1 amide bonds. The normalized spacial score (nSPS) is 12.8. The standard InChI is InChI=1S/C21H27ClN2O4/c1-14(21(25)23-16-7-9-18(26-3)17(22)13-16)24(2)11-10-15-6-8-19(27-4)20(12-15)28-5/h6-9,12-14H,10-11H2,1-5H3,(H,23,25)/p+1/t14-/m0/s1. The number of benzene rings is 2. The van der Waals surface area contributed by atoms with Gasteiger partial charge in [-0.25, -0.2) is 0 Å². The van der Waals surface area contributed by atoms with Crippen molar-refractivity contribution in [2.75, 3.05) is 40.2 Å². The molecule has 0 spiro atoms. The third-order valence-corrected chi connectivity index (χ3v) is 5.10. The van der Waals surface area contributed by atoms with Gasteiger partial charge in [-0.05, 0) is 42.8 Å². The lowest BCUT2D eigenvalue weighted by molar-refractivity contribution is -0.893. The fourth-order valence-electron chi connectivity index (χ4n) is 2.81. The molecule has 0 aliphatic heterocycles. The van der Waals surface area contributed by atoms with Gasteiger partial charge in [-0.15, -0.1) is 0 Å². The molecule has 2 rings (SSSR count). The highest BCUT2D eigenvalue weighted by Crippen LogP contribution is 2.28. The maximum Gasteiger partial charge on any atom is 0.282 e. The molecule has 0 aliphatic rings. The Morgan fingerprint density at radius 1 is 1.04 bits per heavy atom. The van der Waals surface area contributed by atoms with Crippen molar-refractivity contribution in [1.82, 2.24) is 0 Å². The van der Waals surface area contributed by atoms with Gasteiger partial charge in [0.05, 0.1) is 39.9 Å². The number of methoxy groups -OCH3 is 3. The van der Waals surface area contributed by atoms with E-state index in [0.29, 0.717) is 28.0 Å². The molecule has 152 valence electrons. The summed E-state index contributed by atoms with van der Waals surface area (Å²) in [6.45, 7) is 2.71. The number of anilines is 1. The van der Waals surface area contributed by atoms with Crippen LogP contribution in [0.4, 0.5) is 5.69 Å². The molecule has 0 aliphatic carbocycles. The van der Waals surface area contributed by atoms with Crippen molar-refractivity contribution in [3.8, 4) is 17.2 Å². The van der Waals surface area contributed by atoms with Gasteiger partial charge < -0.3 is 24.4 Å². The Morgan fingerprint density at radius 3 is 2.29 bits per heavy atom. The van der Waals surface area contributed by atoms with Crippen LogP contribution in [0.2, 0.25) is 5.02 Å². The van der Waals surface area contributed by atoms with E-state index in [4.69, 9.17) is 25.8 Å². The van der Waals surface area contributed by atoms with Gasteiger partial charge in [0, 0.05) is 12.1 Å². The first-order valence-corrected chi connectivity index (χ1v) is 9.45. The highest BCUT2D eigenvalue weighted by molar-refractivity contribution is 6.32. The molecule has 2 aromatic rings. The number of halogens is 1. The van der Waals surface area contributed by atoms with Crippen LogP contribution in [-0.4, -0.2) is 46.9 Å². The number of hydrogen-bond donors (Lipinski definition) is 2.